The molecule has 1 fully saturated rings. The maximum Gasteiger partial charge on any atom is 0.314 e. The molecule has 0 bridgehead atoms. The molecule has 1 aromatic carbocycles. The second kappa shape index (κ2) is 5.32. The van der Waals surface area contributed by atoms with Crippen LogP contribution < -0.4 is 0 Å². The zero-order valence-corrected chi connectivity index (χ0v) is 10.1. The van der Waals surface area contributed by atoms with Crippen LogP contribution in [0, 0.1) is 5.41 Å². The molecule has 1 aliphatic rings. The second-order valence-electron chi connectivity index (χ2n) is 4.78. The third-order valence-corrected chi connectivity index (χ3v) is 3.14. The van der Waals surface area contributed by atoms with Crippen molar-refractivity contribution in [1.29, 1.82) is 0 Å². The van der Waals surface area contributed by atoms with Crippen molar-refractivity contribution < 1.29 is 14.3 Å². The normalized spacial score (nSPS) is 24.3. The van der Waals surface area contributed by atoms with Gasteiger partial charge < -0.3 is 9.47 Å². The van der Waals surface area contributed by atoms with Gasteiger partial charge in [-0.15, -0.1) is 0 Å². The molecule has 0 radical (unpaired) electrons. The lowest BCUT2D eigenvalue weighted by Gasteiger charge is -2.30. The van der Waals surface area contributed by atoms with Gasteiger partial charge in [-0.3, -0.25) is 4.79 Å². The molecule has 1 aliphatic heterocycles. The maximum absolute atomic E-state index is 12.0. The standard InChI is InChI=1S/C14H18O3/c1-14(8-5-9-16-11-14)13(15)17-10-12-6-3-2-4-7-12/h2-4,6-7H,5,8-11H2,1H3. The Morgan fingerprint density at radius 3 is 2.82 bits per heavy atom. The number of rotatable bonds is 3. The van der Waals surface area contributed by atoms with Crippen molar-refractivity contribution in [3.8, 4) is 0 Å². The van der Waals surface area contributed by atoms with E-state index in [0.717, 1.165) is 25.0 Å². The number of ether oxygens (including phenoxy) is 2. The summed E-state index contributed by atoms with van der Waals surface area (Å²) in [5.74, 6) is -0.152. The predicted octanol–water partition coefficient (Wildman–Crippen LogP) is 2.55. The summed E-state index contributed by atoms with van der Waals surface area (Å²) < 4.78 is 10.7. The fraction of sp³-hybridized carbons (Fsp3) is 0.500. The number of hydrogen-bond donors (Lipinski definition) is 0. The molecule has 1 unspecified atom stereocenters. The van der Waals surface area contributed by atoms with Crippen LogP contribution in [0.15, 0.2) is 30.3 Å². The molecule has 1 aromatic rings. The molecule has 1 heterocycles. The lowest BCUT2D eigenvalue weighted by atomic mass is 9.85. The fourth-order valence-electron chi connectivity index (χ4n) is 1.99. The SMILES string of the molecule is CC1(C(=O)OCc2ccccc2)CCCOC1. The summed E-state index contributed by atoms with van der Waals surface area (Å²) in [5.41, 5.74) is 0.550. The number of esters is 1. The van der Waals surface area contributed by atoms with E-state index in [0.29, 0.717) is 13.2 Å². The van der Waals surface area contributed by atoms with Crippen LogP contribution in [0.1, 0.15) is 25.3 Å². The molecule has 3 nitrogen and oxygen atoms in total. The minimum Gasteiger partial charge on any atom is -0.460 e. The van der Waals surface area contributed by atoms with Gasteiger partial charge in [-0.05, 0) is 25.3 Å². The quantitative estimate of drug-likeness (QED) is 0.754. The summed E-state index contributed by atoms with van der Waals surface area (Å²) in [6.07, 6.45) is 1.78. The first-order valence-electron chi connectivity index (χ1n) is 6.00. The van der Waals surface area contributed by atoms with Gasteiger partial charge in [-0.1, -0.05) is 30.3 Å². The first-order valence-corrected chi connectivity index (χ1v) is 6.00. The summed E-state index contributed by atoms with van der Waals surface area (Å²) in [5, 5.41) is 0. The molecule has 2 rings (SSSR count). The number of carbonyl (C=O) groups excluding carboxylic acids is 1. The summed E-state index contributed by atoms with van der Waals surface area (Å²) >= 11 is 0. The Balaban J connectivity index is 1.88. The van der Waals surface area contributed by atoms with Crippen molar-refractivity contribution >= 4 is 5.97 Å². The van der Waals surface area contributed by atoms with Crippen LogP contribution >= 0.6 is 0 Å². The van der Waals surface area contributed by atoms with Crippen LogP contribution in [0.4, 0.5) is 0 Å². The first-order chi connectivity index (χ1) is 8.21. The van der Waals surface area contributed by atoms with Crippen LogP contribution in [0.3, 0.4) is 0 Å². The molecular formula is C14H18O3. The van der Waals surface area contributed by atoms with Gasteiger partial charge in [0.2, 0.25) is 0 Å². The molecule has 1 saturated heterocycles. The smallest absolute Gasteiger partial charge is 0.314 e. The average Bonchev–Trinajstić information content (AvgIpc) is 2.38. The molecule has 0 aromatic heterocycles. The van der Waals surface area contributed by atoms with Gasteiger partial charge in [0.1, 0.15) is 6.61 Å². The summed E-state index contributed by atoms with van der Waals surface area (Å²) in [6, 6.07) is 9.73. The molecular weight excluding hydrogens is 216 g/mol. The van der Waals surface area contributed by atoms with Crippen molar-refractivity contribution in [3.05, 3.63) is 35.9 Å². The highest BCUT2D eigenvalue weighted by Crippen LogP contribution is 2.29. The third kappa shape index (κ3) is 3.07. The van der Waals surface area contributed by atoms with E-state index in [1.54, 1.807) is 0 Å². The van der Waals surface area contributed by atoms with Gasteiger partial charge in [0, 0.05) is 6.61 Å². The van der Waals surface area contributed by atoms with Gasteiger partial charge in [0.25, 0.3) is 0 Å². The maximum atomic E-state index is 12.0. The van der Waals surface area contributed by atoms with E-state index in [2.05, 4.69) is 0 Å². The predicted molar refractivity (Wildman–Crippen MR) is 64.4 cm³/mol. The molecule has 92 valence electrons. The van der Waals surface area contributed by atoms with E-state index >= 15 is 0 Å². The largest absolute Gasteiger partial charge is 0.460 e. The van der Waals surface area contributed by atoms with Crippen molar-refractivity contribution in [1.82, 2.24) is 0 Å². The highest BCUT2D eigenvalue weighted by atomic mass is 16.5. The molecule has 0 N–H and O–H groups in total. The van der Waals surface area contributed by atoms with E-state index < -0.39 is 5.41 Å². The Hall–Kier alpha value is -1.35. The number of benzene rings is 1. The van der Waals surface area contributed by atoms with E-state index in [-0.39, 0.29) is 5.97 Å². The summed E-state index contributed by atoms with van der Waals surface area (Å²) in [6.45, 7) is 3.48. The Morgan fingerprint density at radius 1 is 1.41 bits per heavy atom. The first kappa shape index (κ1) is 12.1. The van der Waals surface area contributed by atoms with Crippen LogP contribution in [-0.4, -0.2) is 19.2 Å². The number of hydrogen-bond acceptors (Lipinski definition) is 3. The topological polar surface area (TPSA) is 35.5 Å². The van der Waals surface area contributed by atoms with Crippen LogP contribution in [0.5, 0.6) is 0 Å². The molecule has 0 amide bonds. The van der Waals surface area contributed by atoms with Crippen LogP contribution in [0.25, 0.3) is 0 Å². The Kier molecular flexibility index (Phi) is 3.79. The second-order valence-corrected chi connectivity index (χ2v) is 4.78. The summed E-state index contributed by atoms with van der Waals surface area (Å²) in [7, 11) is 0. The summed E-state index contributed by atoms with van der Waals surface area (Å²) in [4.78, 5) is 12.0. The lowest BCUT2D eigenvalue weighted by Crippen LogP contribution is -2.37. The monoisotopic (exact) mass is 234 g/mol. The van der Waals surface area contributed by atoms with Crippen LogP contribution in [-0.2, 0) is 20.9 Å². The van der Waals surface area contributed by atoms with Gasteiger partial charge in [-0.2, -0.15) is 0 Å². The van der Waals surface area contributed by atoms with Crippen LogP contribution in [0.2, 0.25) is 0 Å². The van der Waals surface area contributed by atoms with Gasteiger partial charge in [-0.25, -0.2) is 0 Å². The highest BCUT2D eigenvalue weighted by Gasteiger charge is 2.37. The lowest BCUT2D eigenvalue weighted by molar-refractivity contribution is -0.164. The Labute approximate surface area is 102 Å². The van der Waals surface area contributed by atoms with Gasteiger partial charge in [0.15, 0.2) is 0 Å². The molecule has 17 heavy (non-hydrogen) atoms. The van der Waals surface area contributed by atoms with Crippen molar-refractivity contribution in [2.45, 2.75) is 26.4 Å². The van der Waals surface area contributed by atoms with Crippen molar-refractivity contribution in [2.24, 2.45) is 5.41 Å². The minimum absolute atomic E-state index is 0.152. The zero-order valence-electron chi connectivity index (χ0n) is 10.1. The van der Waals surface area contributed by atoms with Crippen molar-refractivity contribution in [2.75, 3.05) is 13.2 Å². The molecule has 0 saturated carbocycles. The Bertz CT molecular complexity index is 366. The van der Waals surface area contributed by atoms with E-state index in [9.17, 15) is 4.79 Å². The van der Waals surface area contributed by atoms with E-state index in [1.807, 2.05) is 37.3 Å². The van der Waals surface area contributed by atoms with Gasteiger partial charge >= 0.3 is 5.97 Å². The zero-order chi connectivity index (χ0) is 12.1. The molecule has 0 aliphatic carbocycles. The van der Waals surface area contributed by atoms with Crippen molar-refractivity contribution in [3.63, 3.8) is 0 Å². The third-order valence-electron chi connectivity index (χ3n) is 3.14. The number of carbonyl (C=O) groups is 1. The highest BCUT2D eigenvalue weighted by molar-refractivity contribution is 5.76. The fourth-order valence-corrected chi connectivity index (χ4v) is 1.99. The molecule has 3 heteroatoms. The molecule has 1 atom stereocenters. The molecule has 0 spiro atoms. The van der Waals surface area contributed by atoms with E-state index in [4.69, 9.17) is 9.47 Å². The van der Waals surface area contributed by atoms with Gasteiger partial charge in [0.05, 0.1) is 12.0 Å². The average molecular weight is 234 g/mol. The van der Waals surface area contributed by atoms with E-state index in [1.165, 1.54) is 0 Å². The minimum atomic E-state index is -0.465. The Morgan fingerprint density at radius 2 is 2.18 bits per heavy atom.